The molecule has 3 aromatic carbocycles. The van der Waals surface area contributed by atoms with Crippen LogP contribution in [0.4, 0.5) is 0 Å². The van der Waals surface area contributed by atoms with Crippen LogP contribution in [0.3, 0.4) is 0 Å². The Balaban J connectivity index is 1.69. The molecule has 0 bridgehead atoms. The molecular formula is C25H21Cl2NO4. The van der Waals surface area contributed by atoms with Crippen molar-refractivity contribution in [3.05, 3.63) is 105 Å². The molecule has 4 rings (SSSR count). The van der Waals surface area contributed by atoms with Gasteiger partial charge in [0.05, 0.1) is 11.6 Å². The zero-order chi connectivity index (χ0) is 22.8. The molecule has 7 heteroatoms. The Morgan fingerprint density at radius 3 is 2.16 bits per heavy atom. The molecule has 1 saturated heterocycles. The van der Waals surface area contributed by atoms with Crippen molar-refractivity contribution in [2.45, 2.75) is 24.7 Å². The van der Waals surface area contributed by atoms with E-state index in [1.807, 2.05) is 24.3 Å². The smallest absolute Gasteiger partial charge is 0.335 e. The summed E-state index contributed by atoms with van der Waals surface area (Å²) in [5.41, 5.74) is 2.68. The van der Waals surface area contributed by atoms with Gasteiger partial charge >= 0.3 is 5.97 Å². The molecule has 5 nitrogen and oxygen atoms in total. The molecule has 1 aliphatic heterocycles. The largest absolute Gasteiger partial charge is 0.478 e. The molecule has 3 aromatic rings. The zero-order valence-corrected chi connectivity index (χ0v) is 18.8. The minimum Gasteiger partial charge on any atom is -0.478 e. The van der Waals surface area contributed by atoms with E-state index >= 15 is 0 Å². The van der Waals surface area contributed by atoms with Crippen LogP contribution in [0.1, 0.15) is 39.2 Å². The number of carbonyl (C=O) groups excluding carboxylic acids is 1. The van der Waals surface area contributed by atoms with E-state index < -0.39 is 18.2 Å². The number of benzene rings is 3. The van der Waals surface area contributed by atoms with Crippen LogP contribution >= 0.6 is 23.2 Å². The first-order chi connectivity index (χ1) is 15.3. The minimum atomic E-state index is -1.01. The van der Waals surface area contributed by atoms with Crippen LogP contribution in [0.25, 0.3) is 0 Å². The number of hydrogen-bond donors (Lipinski definition) is 1. The number of hydrogen-bond acceptors (Lipinski definition) is 3. The van der Waals surface area contributed by atoms with Gasteiger partial charge in [-0.2, -0.15) is 0 Å². The van der Waals surface area contributed by atoms with Crippen LogP contribution in [0.15, 0.2) is 72.8 Å². The number of carboxylic acid groups (broad SMARTS) is 1. The van der Waals surface area contributed by atoms with E-state index in [1.54, 1.807) is 54.4 Å². The van der Waals surface area contributed by atoms with Gasteiger partial charge in [-0.25, -0.2) is 4.79 Å². The third kappa shape index (κ3) is 4.65. The number of halogens is 2. The third-order valence-corrected chi connectivity index (χ3v) is 6.15. The van der Waals surface area contributed by atoms with Crippen molar-refractivity contribution in [3.8, 4) is 0 Å². The van der Waals surface area contributed by atoms with Crippen molar-refractivity contribution in [1.29, 1.82) is 0 Å². The second kappa shape index (κ2) is 9.33. The van der Waals surface area contributed by atoms with Crippen molar-refractivity contribution in [1.82, 2.24) is 4.90 Å². The van der Waals surface area contributed by atoms with Crippen molar-refractivity contribution in [2.24, 2.45) is 0 Å². The monoisotopic (exact) mass is 469 g/mol. The SMILES string of the molecule is CN1C(=O)[C@@H](Cc2cccc(C(=O)O)c2)O[C@H](c2ccc(Cl)cc2)[C@@H]1c1ccc(Cl)cc1. The summed E-state index contributed by atoms with van der Waals surface area (Å²) in [6.45, 7) is 0. The van der Waals surface area contributed by atoms with Gasteiger partial charge in [0.15, 0.2) is 0 Å². The summed E-state index contributed by atoms with van der Waals surface area (Å²) in [6, 6.07) is 20.9. The summed E-state index contributed by atoms with van der Waals surface area (Å²) in [4.78, 5) is 26.3. The maximum Gasteiger partial charge on any atom is 0.335 e. The van der Waals surface area contributed by atoms with Gasteiger partial charge in [0.25, 0.3) is 5.91 Å². The fraction of sp³-hybridized carbons (Fsp3) is 0.200. The number of ether oxygens (including phenoxy) is 1. The first kappa shape index (κ1) is 22.3. The summed E-state index contributed by atoms with van der Waals surface area (Å²) < 4.78 is 6.38. The lowest BCUT2D eigenvalue weighted by Crippen LogP contribution is -2.49. The van der Waals surface area contributed by atoms with Gasteiger partial charge in [-0.05, 0) is 53.1 Å². The standard InChI is InChI=1S/C25H21Cl2NO4/c1-28-22(16-5-9-19(26)10-6-16)23(17-7-11-20(27)12-8-17)32-21(24(28)29)14-15-3-2-4-18(13-15)25(30)31/h2-13,21-23H,14H2,1H3,(H,30,31)/t21-,22+,23-/m1/s1. The van der Waals surface area contributed by atoms with Gasteiger partial charge in [0, 0.05) is 23.5 Å². The Hall–Kier alpha value is -2.86. The maximum absolute atomic E-state index is 13.3. The summed E-state index contributed by atoms with van der Waals surface area (Å²) in [7, 11) is 1.76. The number of morpholine rings is 1. The first-order valence-electron chi connectivity index (χ1n) is 10.1. The highest BCUT2D eigenvalue weighted by molar-refractivity contribution is 6.30. The van der Waals surface area contributed by atoms with Gasteiger partial charge in [-0.3, -0.25) is 4.79 Å². The van der Waals surface area contributed by atoms with Gasteiger partial charge in [-0.1, -0.05) is 59.6 Å². The Bertz CT molecular complexity index is 1130. The van der Waals surface area contributed by atoms with E-state index in [4.69, 9.17) is 27.9 Å². The van der Waals surface area contributed by atoms with Crippen LogP contribution in [0, 0.1) is 0 Å². The van der Waals surface area contributed by atoms with E-state index in [2.05, 4.69) is 0 Å². The Morgan fingerprint density at radius 1 is 0.969 bits per heavy atom. The molecule has 1 amide bonds. The van der Waals surface area contributed by atoms with Crippen molar-refractivity contribution in [2.75, 3.05) is 7.05 Å². The van der Waals surface area contributed by atoms with Crippen LogP contribution < -0.4 is 0 Å². The number of aromatic carboxylic acids is 1. The van der Waals surface area contributed by atoms with Crippen LogP contribution in [0.2, 0.25) is 10.0 Å². The average molecular weight is 470 g/mol. The number of carboxylic acids is 1. The first-order valence-corrected chi connectivity index (χ1v) is 10.8. The van der Waals surface area contributed by atoms with Crippen LogP contribution in [-0.4, -0.2) is 35.0 Å². The summed E-state index contributed by atoms with van der Waals surface area (Å²) in [5.74, 6) is -1.18. The van der Waals surface area contributed by atoms with E-state index in [0.717, 1.165) is 16.7 Å². The molecule has 32 heavy (non-hydrogen) atoms. The Labute approximate surface area is 196 Å². The van der Waals surface area contributed by atoms with E-state index in [-0.39, 0.29) is 23.9 Å². The van der Waals surface area contributed by atoms with Gasteiger partial charge < -0.3 is 14.7 Å². The highest BCUT2D eigenvalue weighted by Crippen LogP contribution is 2.42. The molecule has 1 N–H and O–H groups in total. The molecule has 1 heterocycles. The van der Waals surface area contributed by atoms with Crippen molar-refractivity contribution < 1.29 is 19.4 Å². The average Bonchev–Trinajstić information content (AvgIpc) is 2.78. The topological polar surface area (TPSA) is 66.8 Å². The number of amides is 1. The van der Waals surface area contributed by atoms with Gasteiger partial charge in [0.1, 0.15) is 12.2 Å². The molecule has 0 spiro atoms. The second-order valence-electron chi connectivity index (χ2n) is 7.75. The molecule has 0 radical (unpaired) electrons. The molecule has 0 aliphatic carbocycles. The molecule has 0 saturated carbocycles. The fourth-order valence-corrected chi connectivity index (χ4v) is 4.28. The van der Waals surface area contributed by atoms with E-state index in [1.165, 1.54) is 6.07 Å². The lowest BCUT2D eigenvalue weighted by molar-refractivity contribution is -0.171. The Morgan fingerprint density at radius 2 is 1.56 bits per heavy atom. The summed E-state index contributed by atoms with van der Waals surface area (Å²) in [6.07, 6.45) is -0.932. The van der Waals surface area contributed by atoms with E-state index in [9.17, 15) is 14.7 Å². The predicted octanol–water partition coefficient (Wildman–Crippen LogP) is 5.57. The molecule has 0 aromatic heterocycles. The molecule has 3 atom stereocenters. The van der Waals surface area contributed by atoms with Crippen molar-refractivity contribution >= 4 is 35.1 Å². The maximum atomic E-state index is 13.3. The molecule has 1 aliphatic rings. The van der Waals surface area contributed by atoms with Crippen molar-refractivity contribution in [3.63, 3.8) is 0 Å². The summed E-state index contributed by atoms with van der Waals surface area (Å²) >= 11 is 12.1. The molecular weight excluding hydrogens is 449 g/mol. The molecule has 0 unspecified atom stereocenters. The lowest BCUT2D eigenvalue weighted by Gasteiger charge is -2.43. The Kier molecular flexibility index (Phi) is 6.51. The quantitative estimate of drug-likeness (QED) is 0.529. The minimum absolute atomic E-state index is 0.170. The molecule has 1 fully saturated rings. The number of carbonyl (C=O) groups is 2. The third-order valence-electron chi connectivity index (χ3n) is 5.64. The molecule has 164 valence electrons. The van der Waals surface area contributed by atoms with Crippen LogP contribution in [0.5, 0.6) is 0 Å². The highest BCUT2D eigenvalue weighted by atomic mass is 35.5. The lowest BCUT2D eigenvalue weighted by atomic mass is 9.91. The number of likely N-dealkylation sites (N-methyl/N-ethyl adjacent to an activating group) is 1. The normalized spacial score (nSPS) is 20.9. The van der Waals surface area contributed by atoms with Gasteiger partial charge in [0.2, 0.25) is 0 Å². The number of rotatable bonds is 5. The van der Waals surface area contributed by atoms with Gasteiger partial charge in [-0.15, -0.1) is 0 Å². The predicted molar refractivity (Wildman–Crippen MR) is 123 cm³/mol. The second-order valence-corrected chi connectivity index (χ2v) is 8.62. The van der Waals surface area contributed by atoms with E-state index in [0.29, 0.717) is 10.0 Å². The fourth-order valence-electron chi connectivity index (χ4n) is 4.03. The highest BCUT2D eigenvalue weighted by Gasteiger charge is 2.42. The van der Waals surface area contributed by atoms with Crippen LogP contribution in [-0.2, 0) is 16.0 Å². The number of nitrogens with zero attached hydrogens (tertiary/aromatic N) is 1. The summed E-state index contributed by atoms with van der Waals surface area (Å²) in [5, 5.41) is 10.5. The zero-order valence-electron chi connectivity index (χ0n) is 17.2.